The smallest absolute Gasteiger partial charge is 0.251 e. The van der Waals surface area contributed by atoms with Crippen molar-refractivity contribution in [2.75, 3.05) is 0 Å². The van der Waals surface area contributed by atoms with Gasteiger partial charge in [-0.25, -0.2) is 0 Å². The number of aromatic nitrogens is 1. The Balaban J connectivity index is 2.19. The highest BCUT2D eigenvalue weighted by atomic mass is 35.5. The average Bonchev–Trinajstić information content (AvgIpc) is 2.48. The maximum atomic E-state index is 12.1. The first-order valence-electron chi connectivity index (χ1n) is 6.28. The maximum Gasteiger partial charge on any atom is 0.251 e. The Bertz CT molecular complexity index is 889. The van der Waals surface area contributed by atoms with Crippen molar-refractivity contribution in [1.82, 2.24) is 4.57 Å². The summed E-state index contributed by atoms with van der Waals surface area (Å²) in [6.07, 6.45) is 0. The van der Waals surface area contributed by atoms with Gasteiger partial charge >= 0.3 is 0 Å². The van der Waals surface area contributed by atoms with Crippen molar-refractivity contribution in [3.63, 3.8) is 0 Å². The van der Waals surface area contributed by atoms with E-state index in [0.29, 0.717) is 10.0 Å². The minimum absolute atomic E-state index is 0.0469. The molecule has 0 amide bonds. The molecule has 5 heteroatoms. The fourth-order valence-electron chi connectivity index (χ4n) is 2.14. The number of aryl methyl sites for hydroxylation is 1. The van der Waals surface area contributed by atoms with Crippen LogP contribution in [0, 0.1) is 0 Å². The number of pyridine rings is 1. The molecule has 1 heterocycles. The lowest BCUT2D eigenvalue weighted by molar-refractivity contribution is 0.898. The number of fused-ring (bicyclic) bond motifs is 1. The van der Waals surface area contributed by atoms with E-state index in [4.69, 9.17) is 23.2 Å². The van der Waals surface area contributed by atoms with Gasteiger partial charge in [-0.3, -0.25) is 4.79 Å². The lowest BCUT2D eigenvalue weighted by atomic mass is 10.2. The van der Waals surface area contributed by atoms with Gasteiger partial charge in [0, 0.05) is 33.3 Å². The van der Waals surface area contributed by atoms with Gasteiger partial charge in [0.2, 0.25) is 0 Å². The van der Waals surface area contributed by atoms with E-state index in [-0.39, 0.29) is 5.56 Å². The second kappa shape index (κ2) is 5.76. The Morgan fingerprint density at radius 3 is 2.57 bits per heavy atom. The molecule has 0 aliphatic carbocycles. The van der Waals surface area contributed by atoms with E-state index >= 15 is 0 Å². The Labute approximate surface area is 136 Å². The predicted molar refractivity (Wildman–Crippen MR) is 89.8 cm³/mol. The SMILES string of the molecule is Cn1c(=O)cc(Sc2cc(Cl)ccc2Cl)c2ccccc21. The number of benzene rings is 2. The highest BCUT2D eigenvalue weighted by molar-refractivity contribution is 7.99. The van der Waals surface area contributed by atoms with Crippen LogP contribution in [0.5, 0.6) is 0 Å². The van der Waals surface area contributed by atoms with Crippen molar-refractivity contribution >= 4 is 45.9 Å². The van der Waals surface area contributed by atoms with Crippen LogP contribution in [0.1, 0.15) is 0 Å². The molecule has 0 N–H and O–H groups in total. The van der Waals surface area contributed by atoms with E-state index in [9.17, 15) is 4.79 Å². The number of para-hydroxylation sites is 1. The number of rotatable bonds is 2. The molecule has 3 rings (SSSR count). The summed E-state index contributed by atoms with van der Waals surface area (Å²) < 4.78 is 1.64. The van der Waals surface area contributed by atoms with Crippen molar-refractivity contribution in [3.05, 3.63) is 68.9 Å². The lowest BCUT2D eigenvalue weighted by Crippen LogP contribution is -2.16. The van der Waals surface area contributed by atoms with Crippen LogP contribution in [0.3, 0.4) is 0 Å². The number of hydrogen-bond donors (Lipinski definition) is 0. The summed E-state index contributed by atoms with van der Waals surface area (Å²) in [5.41, 5.74) is 0.847. The highest BCUT2D eigenvalue weighted by Gasteiger charge is 2.10. The van der Waals surface area contributed by atoms with Gasteiger partial charge in [0.25, 0.3) is 5.56 Å². The summed E-state index contributed by atoms with van der Waals surface area (Å²) in [5, 5.41) is 2.25. The van der Waals surface area contributed by atoms with Gasteiger partial charge in [-0.2, -0.15) is 0 Å². The van der Waals surface area contributed by atoms with Crippen molar-refractivity contribution in [1.29, 1.82) is 0 Å². The third-order valence-corrected chi connectivity index (χ3v) is 5.02. The van der Waals surface area contributed by atoms with E-state index in [0.717, 1.165) is 20.7 Å². The summed E-state index contributed by atoms with van der Waals surface area (Å²) in [7, 11) is 1.77. The zero-order chi connectivity index (χ0) is 15.0. The largest absolute Gasteiger partial charge is 0.311 e. The van der Waals surface area contributed by atoms with E-state index in [1.54, 1.807) is 35.9 Å². The van der Waals surface area contributed by atoms with Gasteiger partial charge in [0.05, 0.1) is 10.5 Å². The molecule has 3 aromatic rings. The third kappa shape index (κ3) is 2.82. The molecular weight excluding hydrogens is 325 g/mol. The Kier molecular flexibility index (Phi) is 3.98. The summed E-state index contributed by atoms with van der Waals surface area (Å²) in [4.78, 5) is 13.8. The van der Waals surface area contributed by atoms with Gasteiger partial charge in [0.1, 0.15) is 0 Å². The minimum Gasteiger partial charge on any atom is -0.311 e. The normalized spacial score (nSPS) is 11.0. The number of hydrogen-bond acceptors (Lipinski definition) is 2. The molecule has 0 spiro atoms. The first-order chi connectivity index (χ1) is 10.1. The molecule has 0 saturated heterocycles. The van der Waals surface area contributed by atoms with Gasteiger partial charge in [-0.1, -0.05) is 53.2 Å². The van der Waals surface area contributed by atoms with Gasteiger partial charge in [0.15, 0.2) is 0 Å². The first kappa shape index (κ1) is 14.5. The summed E-state index contributed by atoms with van der Waals surface area (Å²) in [6.45, 7) is 0. The Hall–Kier alpha value is -1.42. The minimum atomic E-state index is -0.0469. The monoisotopic (exact) mass is 335 g/mol. The van der Waals surface area contributed by atoms with Crippen molar-refractivity contribution in [2.45, 2.75) is 9.79 Å². The molecule has 0 bridgehead atoms. The molecular formula is C16H11Cl2NOS. The fraction of sp³-hybridized carbons (Fsp3) is 0.0625. The molecule has 1 aromatic heterocycles. The second-order valence-electron chi connectivity index (χ2n) is 4.60. The zero-order valence-electron chi connectivity index (χ0n) is 11.1. The van der Waals surface area contributed by atoms with E-state index in [1.807, 2.05) is 24.3 Å². The summed E-state index contributed by atoms with van der Waals surface area (Å²) >= 11 is 13.7. The van der Waals surface area contributed by atoms with E-state index < -0.39 is 0 Å². The van der Waals surface area contributed by atoms with Crippen LogP contribution in [-0.2, 0) is 7.05 Å². The molecule has 21 heavy (non-hydrogen) atoms. The molecule has 0 aliphatic heterocycles. The summed E-state index contributed by atoms with van der Waals surface area (Å²) in [5.74, 6) is 0. The quantitative estimate of drug-likeness (QED) is 0.657. The van der Waals surface area contributed by atoms with Crippen molar-refractivity contribution in [3.8, 4) is 0 Å². The standard InChI is InChI=1S/C16H11Cl2NOS/c1-19-13-5-3-2-4-11(13)14(9-16(19)20)21-15-8-10(17)6-7-12(15)18/h2-9H,1H3. The van der Waals surface area contributed by atoms with Crippen LogP contribution in [0.25, 0.3) is 10.9 Å². The zero-order valence-corrected chi connectivity index (χ0v) is 13.5. The van der Waals surface area contributed by atoms with Crippen LogP contribution in [0.15, 0.2) is 63.1 Å². The van der Waals surface area contributed by atoms with Crippen LogP contribution < -0.4 is 5.56 Å². The first-order valence-corrected chi connectivity index (χ1v) is 7.85. The molecule has 106 valence electrons. The molecule has 0 radical (unpaired) electrons. The van der Waals surface area contributed by atoms with Gasteiger partial charge < -0.3 is 4.57 Å². The lowest BCUT2D eigenvalue weighted by Gasteiger charge is -2.10. The van der Waals surface area contributed by atoms with E-state index in [1.165, 1.54) is 11.8 Å². The highest BCUT2D eigenvalue weighted by Crippen LogP contribution is 2.37. The third-order valence-electron chi connectivity index (χ3n) is 3.23. The molecule has 0 aliphatic rings. The number of nitrogens with zero attached hydrogens (tertiary/aromatic N) is 1. The van der Waals surface area contributed by atoms with E-state index in [2.05, 4.69) is 0 Å². The van der Waals surface area contributed by atoms with Gasteiger partial charge in [-0.05, 0) is 24.3 Å². The molecule has 0 atom stereocenters. The topological polar surface area (TPSA) is 22.0 Å². The Morgan fingerprint density at radius 2 is 1.76 bits per heavy atom. The number of halogens is 2. The average molecular weight is 336 g/mol. The summed E-state index contributed by atoms with van der Waals surface area (Å²) in [6, 6.07) is 14.7. The maximum absolute atomic E-state index is 12.1. The molecule has 0 saturated carbocycles. The fourth-order valence-corrected chi connectivity index (χ4v) is 3.64. The van der Waals surface area contributed by atoms with Crippen LogP contribution in [-0.4, -0.2) is 4.57 Å². The Morgan fingerprint density at radius 1 is 1.00 bits per heavy atom. The molecule has 2 aromatic carbocycles. The van der Waals surface area contributed by atoms with Crippen LogP contribution >= 0.6 is 35.0 Å². The van der Waals surface area contributed by atoms with Crippen LogP contribution in [0.2, 0.25) is 10.0 Å². The molecule has 0 fully saturated rings. The van der Waals surface area contributed by atoms with Crippen molar-refractivity contribution < 1.29 is 0 Å². The van der Waals surface area contributed by atoms with Crippen LogP contribution in [0.4, 0.5) is 0 Å². The van der Waals surface area contributed by atoms with Crippen molar-refractivity contribution in [2.24, 2.45) is 7.05 Å². The van der Waals surface area contributed by atoms with Gasteiger partial charge in [-0.15, -0.1) is 0 Å². The predicted octanol–water partition coefficient (Wildman–Crippen LogP) is 5.00. The molecule has 2 nitrogen and oxygen atoms in total. The molecule has 0 unspecified atom stereocenters. The second-order valence-corrected chi connectivity index (χ2v) is 6.53.